The third kappa shape index (κ3) is 8.73. The number of aryl methyl sites for hydroxylation is 1. The number of hydrogen-bond donors (Lipinski definition) is 1. The molecule has 0 saturated carbocycles. The molecule has 4 aliphatic rings. The van der Waals surface area contributed by atoms with E-state index in [1.54, 1.807) is 30.0 Å². The maximum Gasteiger partial charge on any atom is 0.524 e. The fraction of sp³-hybridized carbons (Fsp3) is 0.610. The Morgan fingerprint density at radius 3 is 2.45 bits per heavy atom. The van der Waals surface area contributed by atoms with Gasteiger partial charge in [0, 0.05) is 35.6 Å². The van der Waals surface area contributed by atoms with Crippen molar-refractivity contribution in [2.75, 3.05) is 31.1 Å². The Morgan fingerprint density at radius 1 is 1.11 bits per heavy atom. The van der Waals surface area contributed by atoms with Crippen LogP contribution in [0.1, 0.15) is 109 Å². The largest absolute Gasteiger partial charge is 0.524 e. The van der Waals surface area contributed by atoms with Crippen molar-refractivity contribution in [3.05, 3.63) is 69.9 Å². The van der Waals surface area contributed by atoms with Crippen LogP contribution in [-0.2, 0) is 35.9 Å². The minimum atomic E-state index is -4.19. The second kappa shape index (κ2) is 15.5. The number of anilines is 1. The lowest BCUT2D eigenvalue weighted by molar-refractivity contribution is -0.00390. The molecule has 3 aliphatic heterocycles. The van der Waals surface area contributed by atoms with Crippen LogP contribution in [0.15, 0.2) is 48.2 Å². The summed E-state index contributed by atoms with van der Waals surface area (Å²) in [5.74, 6) is -0.783. The number of hydrogen-bond acceptors (Lipinski definition) is 9. The van der Waals surface area contributed by atoms with Gasteiger partial charge in [-0.3, -0.25) is 4.79 Å². The maximum absolute atomic E-state index is 15.1. The van der Waals surface area contributed by atoms with Gasteiger partial charge in [0.1, 0.15) is 17.1 Å². The average Bonchev–Trinajstić information content (AvgIpc) is 3.20. The Labute approximate surface area is 336 Å². The molecule has 0 aromatic heterocycles. The Morgan fingerprint density at radius 2 is 1.80 bits per heavy atom. The number of sulfonamides is 1. The van der Waals surface area contributed by atoms with Crippen molar-refractivity contribution < 1.29 is 41.2 Å². The summed E-state index contributed by atoms with van der Waals surface area (Å²) in [5, 5.41) is -0.357. The molecule has 2 amide bonds. The van der Waals surface area contributed by atoms with Crippen LogP contribution in [0.25, 0.3) is 0 Å². The molecule has 1 aliphatic carbocycles. The third-order valence-corrected chi connectivity index (χ3v) is 14.3. The zero-order valence-corrected chi connectivity index (χ0v) is 35.6. The number of ether oxygens (including phenoxy) is 2. The summed E-state index contributed by atoms with van der Waals surface area (Å²) in [6.45, 7) is 18.0. The summed E-state index contributed by atoms with van der Waals surface area (Å²) in [7, 11) is -5.36. The first-order valence-electron chi connectivity index (χ1n) is 19.6. The van der Waals surface area contributed by atoms with Crippen LogP contribution in [0.3, 0.4) is 0 Å². The predicted octanol–water partition coefficient (Wildman–Crippen LogP) is 7.78. The van der Waals surface area contributed by atoms with Crippen LogP contribution in [0.2, 0.25) is 5.02 Å². The molecule has 56 heavy (non-hydrogen) atoms. The number of halogens is 2. The molecule has 3 heterocycles. The molecule has 1 N–H and O–H groups in total. The van der Waals surface area contributed by atoms with Crippen LogP contribution >= 0.6 is 11.6 Å². The SMILES string of the molecule is C[C@H]([C@@H](C)C/C=C(\F)B1OC(C)(C)C(C)(C)O1)S(=O)(=O)NC(=O)c1ccc2c(c1)N(C[C@@H]1CCN1C(=O)OC(C)(C)C)C[C@@]1(CCCc3cc(Cl)ccc31)CO2. The Balaban J connectivity index is 1.22. The van der Waals surface area contributed by atoms with Crippen molar-refractivity contribution in [3.63, 3.8) is 0 Å². The first-order valence-corrected chi connectivity index (χ1v) is 21.5. The van der Waals surface area contributed by atoms with Gasteiger partial charge in [-0.2, -0.15) is 0 Å². The van der Waals surface area contributed by atoms with E-state index in [1.165, 1.54) is 24.1 Å². The minimum Gasteiger partial charge on any atom is -0.490 e. The number of nitrogens with zero attached hydrogens (tertiary/aromatic N) is 2. The first-order chi connectivity index (χ1) is 26.0. The number of amides is 2. The fourth-order valence-corrected chi connectivity index (χ4v) is 9.31. The molecule has 0 bridgehead atoms. The van der Waals surface area contributed by atoms with Gasteiger partial charge in [-0.1, -0.05) is 30.7 Å². The highest BCUT2D eigenvalue weighted by Crippen LogP contribution is 2.45. The topological polar surface area (TPSA) is 124 Å². The molecule has 11 nitrogen and oxygen atoms in total. The Hall–Kier alpha value is -3.33. The number of carbonyl (C=O) groups excluding carboxylic acids is 2. The number of carbonyl (C=O) groups is 2. The highest BCUT2D eigenvalue weighted by Gasteiger charge is 2.53. The average molecular weight is 816 g/mol. The summed E-state index contributed by atoms with van der Waals surface area (Å²) in [6.07, 6.45) is 4.48. The van der Waals surface area contributed by atoms with Crippen molar-refractivity contribution >= 4 is 46.4 Å². The quantitative estimate of drug-likeness (QED) is 0.253. The van der Waals surface area contributed by atoms with E-state index in [0.717, 1.165) is 25.7 Å². The van der Waals surface area contributed by atoms with Crippen LogP contribution in [0.5, 0.6) is 5.75 Å². The van der Waals surface area contributed by atoms with E-state index >= 15 is 4.39 Å². The van der Waals surface area contributed by atoms with Crippen molar-refractivity contribution in [1.82, 2.24) is 9.62 Å². The van der Waals surface area contributed by atoms with Gasteiger partial charge in [0.25, 0.3) is 5.91 Å². The second-order valence-electron chi connectivity index (χ2n) is 18.0. The monoisotopic (exact) mass is 815 g/mol. The molecule has 1 spiro atoms. The van der Waals surface area contributed by atoms with Gasteiger partial charge in [-0.25, -0.2) is 22.3 Å². The molecule has 2 saturated heterocycles. The Bertz CT molecular complexity index is 1970. The molecular formula is C41H56BClFN3O8S. The summed E-state index contributed by atoms with van der Waals surface area (Å²) >= 11 is 6.43. The Kier molecular flexibility index (Phi) is 11.7. The van der Waals surface area contributed by atoms with Gasteiger partial charge in [0.15, 0.2) is 0 Å². The molecule has 0 unspecified atom stereocenters. The minimum absolute atomic E-state index is 0.0793. The molecule has 4 atom stereocenters. The van der Waals surface area contributed by atoms with E-state index in [2.05, 4.69) is 15.7 Å². The fourth-order valence-electron chi connectivity index (χ4n) is 7.83. The summed E-state index contributed by atoms with van der Waals surface area (Å²) in [5.41, 5.74) is 0.0121. The second-order valence-corrected chi connectivity index (χ2v) is 20.4. The van der Waals surface area contributed by atoms with Crippen LogP contribution in [0.4, 0.5) is 14.9 Å². The van der Waals surface area contributed by atoms with Gasteiger partial charge in [0.05, 0.1) is 34.8 Å². The standard InChI is InChI=1S/C41H56BClFN3O8S/c1-26(12-17-35(44)42-54-39(6,7)40(8,9)55-42)27(2)56(50,51)45-36(48)29-13-16-34-33(22-29)46(23-31-18-20-47(31)37(49)53-38(3,4)5)24-41(25-52-34)19-10-11-28-21-30(43)14-15-32(28)41/h13-17,21-22,26-27,31H,10-12,18-20,23-25H2,1-9H3,(H,45,48)/b35-17-/t26-,27+,31-,41-/m0/s1. The number of rotatable bonds is 9. The lowest BCUT2D eigenvalue weighted by atomic mass is 9.70. The predicted molar refractivity (Wildman–Crippen MR) is 216 cm³/mol. The number of nitrogens with one attached hydrogen (secondary N) is 1. The van der Waals surface area contributed by atoms with E-state index in [9.17, 15) is 18.0 Å². The molecule has 2 aromatic rings. The van der Waals surface area contributed by atoms with Crippen molar-refractivity contribution in [2.24, 2.45) is 5.92 Å². The van der Waals surface area contributed by atoms with Crippen LogP contribution in [-0.4, -0.2) is 86.8 Å². The number of allylic oxidation sites excluding steroid dienone is 1. The van der Waals surface area contributed by atoms with Crippen molar-refractivity contribution in [2.45, 2.75) is 128 Å². The number of benzene rings is 2. The zero-order valence-electron chi connectivity index (χ0n) is 34.0. The van der Waals surface area contributed by atoms with Crippen LogP contribution in [0, 0.1) is 5.92 Å². The van der Waals surface area contributed by atoms with Crippen molar-refractivity contribution in [1.29, 1.82) is 0 Å². The van der Waals surface area contributed by atoms with Gasteiger partial charge >= 0.3 is 13.2 Å². The highest BCUT2D eigenvalue weighted by molar-refractivity contribution is 7.90. The smallest absolute Gasteiger partial charge is 0.490 e. The summed E-state index contributed by atoms with van der Waals surface area (Å²) < 4.78 is 68.4. The highest BCUT2D eigenvalue weighted by atomic mass is 35.5. The number of fused-ring (bicyclic) bond motifs is 3. The zero-order chi connectivity index (χ0) is 41.0. The van der Waals surface area contributed by atoms with E-state index in [0.29, 0.717) is 42.7 Å². The van der Waals surface area contributed by atoms with Crippen LogP contribution < -0.4 is 14.4 Å². The van der Waals surface area contributed by atoms with Crippen molar-refractivity contribution in [3.8, 4) is 5.75 Å². The first kappa shape index (κ1) is 42.3. The molecular weight excluding hydrogens is 760 g/mol. The molecule has 2 fully saturated rings. The van der Waals surface area contributed by atoms with E-state index < -0.39 is 62.2 Å². The summed E-state index contributed by atoms with van der Waals surface area (Å²) in [4.78, 5) is 30.8. The molecule has 2 aromatic carbocycles. The number of likely N-dealkylation sites (tertiary alicyclic amines) is 1. The maximum atomic E-state index is 15.1. The van der Waals surface area contributed by atoms with E-state index in [4.69, 9.17) is 30.4 Å². The van der Waals surface area contributed by atoms with E-state index in [1.807, 2.05) is 60.6 Å². The molecule has 15 heteroatoms. The molecule has 6 rings (SSSR count). The summed E-state index contributed by atoms with van der Waals surface area (Å²) in [6, 6.07) is 10.8. The van der Waals surface area contributed by atoms with Gasteiger partial charge in [-0.05, 0) is 135 Å². The lowest BCUT2D eigenvalue weighted by Gasteiger charge is -2.46. The molecule has 0 radical (unpaired) electrons. The third-order valence-electron chi connectivity index (χ3n) is 12.2. The van der Waals surface area contributed by atoms with Gasteiger partial charge < -0.3 is 28.6 Å². The van der Waals surface area contributed by atoms with Gasteiger partial charge in [0.2, 0.25) is 10.0 Å². The normalized spacial score (nSPS) is 24.3. The lowest BCUT2D eigenvalue weighted by Crippen LogP contribution is -2.58. The van der Waals surface area contributed by atoms with Gasteiger partial charge in [-0.15, -0.1) is 0 Å². The molecule has 306 valence electrons. The van der Waals surface area contributed by atoms with E-state index in [-0.39, 0.29) is 24.1 Å².